The number of nitrogens with two attached hydrogens (primary N) is 1. The first kappa shape index (κ1) is 15.3. The van der Waals surface area contributed by atoms with Gasteiger partial charge in [-0.25, -0.2) is 0 Å². The average Bonchev–Trinajstić information content (AvgIpc) is 2.48. The number of hydrogen-bond donors (Lipinski definition) is 1. The lowest BCUT2D eigenvalue weighted by Crippen LogP contribution is -2.48. The minimum absolute atomic E-state index is 0.0434. The Bertz CT molecular complexity index is 423. The molecule has 0 radical (unpaired) electrons. The van der Waals surface area contributed by atoms with Crippen LogP contribution in [0.25, 0.3) is 0 Å². The van der Waals surface area contributed by atoms with E-state index in [1.54, 1.807) is 7.11 Å². The molecule has 1 aromatic rings. The van der Waals surface area contributed by atoms with Crippen molar-refractivity contribution >= 4 is 0 Å². The van der Waals surface area contributed by atoms with Gasteiger partial charge in [-0.3, -0.25) is 4.90 Å². The molecule has 0 aliphatic carbocycles. The molecule has 1 aliphatic heterocycles. The van der Waals surface area contributed by atoms with Gasteiger partial charge < -0.3 is 15.2 Å². The number of morpholine rings is 1. The molecular weight excluding hydrogens is 252 g/mol. The van der Waals surface area contributed by atoms with Gasteiger partial charge in [0.25, 0.3) is 0 Å². The van der Waals surface area contributed by atoms with Crippen LogP contribution >= 0.6 is 0 Å². The van der Waals surface area contributed by atoms with E-state index in [9.17, 15) is 0 Å². The molecule has 4 nitrogen and oxygen atoms in total. The van der Waals surface area contributed by atoms with E-state index in [1.807, 2.05) is 18.2 Å². The second kappa shape index (κ2) is 7.07. The highest BCUT2D eigenvalue weighted by Gasteiger charge is 2.30. The number of nitrogens with zero attached hydrogens (tertiary/aromatic N) is 1. The second-order valence-corrected chi connectivity index (χ2v) is 5.44. The van der Waals surface area contributed by atoms with E-state index < -0.39 is 0 Å². The molecule has 0 spiro atoms. The summed E-state index contributed by atoms with van der Waals surface area (Å²) in [6.45, 7) is 6.85. The Morgan fingerprint density at radius 2 is 2.20 bits per heavy atom. The standard InChI is InChI=1S/C16H26N2O2/c1-4-13-11-18(9-10-20-13)16(12(2)17)14-7-5-6-8-15(14)19-3/h5-8,12-13,16H,4,9-11,17H2,1-3H3. The Labute approximate surface area is 121 Å². The molecule has 20 heavy (non-hydrogen) atoms. The maximum atomic E-state index is 6.27. The van der Waals surface area contributed by atoms with Crippen LogP contribution in [-0.4, -0.2) is 43.9 Å². The molecule has 0 bridgehead atoms. The van der Waals surface area contributed by atoms with Crippen LogP contribution in [0.5, 0.6) is 5.75 Å². The van der Waals surface area contributed by atoms with Gasteiger partial charge in [-0.2, -0.15) is 0 Å². The number of para-hydroxylation sites is 1. The Kier molecular flexibility index (Phi) is 5.40. The maximum Gasteiger partial charge on any atom is 0.123 e. The summed E-state index contributed by atoms with van der Waals surface area (Å²) in [4.78, 5) is 2.43. The molecule has 3 atom stereocenters. The molecule has 1 fully saturated rings. The maximum absolute atomic E-state index is 6.27. The van der Waals surface area contributed by atoms with Crippen molar-refractivity contribution in [1.82, 2.24) is 4.90 Å². The average molecular weight is 278 g/mol. The number of benzene rings is 1. The van der Waals surface area contributed by atoms with Crippen LogP contribution in [0.1, 0.15) is 31.9 Å². The van der Waals surface area contributed by atoms with Crippen LogP contribution in [-0.2, 0) is 4.74 Å². The van der Waals surface area contributed by atoms with Gasteiger partial charge >= 0.3 is 0 Å². The highest BCUT2D eigenvalue weighted by atomic mass is 16.5. The van der Waals surface area contributed by atoms with E-state index in [4.69, 9.17) is 15.2 Å². The molecule has 0 saturated carbocycles. The first-order valence-electron chi connectivity index (χ1n) is 7.41. The van der Waals surface area contributed by atoms with Gasteiger partial charge in [0.05, 0.1) is 25.9 Å². The summed E-state index contributed by atoms with van der Waals surface area (Å²) in [5.41, 5.74) is 7.44. The molecule has 1 aliphatic rings. The molecule has 2 N–H and O–H groups in total. The Morgan fingerprint density at radius 1 is 1.45 bits per heavy atom. The lowest BCUT2D eigenvalue weighted by atomic mass is 9.97. The molecule has 0 amide bonds. The van der Waals surface area contributed by atoms with Gasteiger partial charge in [-0.1, -0.05) is 25.1 Å². The molecule has 112 valence electrons. The number of ether oxygens (including phenoxy) is 2. The fraction of sp³-hybridized carbons (Fsp3) is 0.625. The summed E-state index contributed by atoms with van der Waals surface area (Å²) < 4.78 is 11.3. The van der Waals surface area contributed by atoms with Gasteiger partial charge in [0.2, 0.25) is 0 Å². The van der Waals surface area contributed by atoms with Crippen molar-refractivity contribution in [1.29, 1.82) is 0 Å². The quantitative estimate of drug-likeness (QED) is 0.897. The minimum Gasteiger partial charge on any atom is -0.496 e. The largest absolute Gasteiger partial charge is 0.496 e. The lowest BCUT2D eigenvalue weighted by molar-refractivity contribution is -0.0480. The highest BCUT2D eigenvalue weighted by molar-refractivity contribution is 5.36. The molecule has 1 heterocycles. The fourth-order valence-electron chi connectivity index (χ4n) is 2.97. The molecule has 2 rings (SSSR count). The van der Waals surface area contributed by atoms with Crippen LogP contribution in [0.3, 0.4) is 0 Å². The third-order valence-corrected chi connectivity index (χ3v) is 3.97. The van der Waals surface area contributed by atoms with Crippen LogP contribution in [0.4, 0.5) is 0 Å². The molecule has 1 saturated heterocycles. The lowest BCUT2D eigenvalue weighted by Gasteiger charge is -2.40. The minimum atomic E-state index is 0.0434. The second-order valence-electron chi connectivity index (χ2n) is 5.44. The van der Waals surface area contributed by atoms with Gasteiger partial charge in [0.15, 0.2) is 0 Å². The van der Waals surface area contributed by atoms with Crippen molar-refractivity contribution in [2.45, 2.75) is 38.5 Å². The normalized spacial score (nSPS) is 23.3. The molecular formula is C16H26N2O2. The summed E-state index contributed by atoms with van der Waals surface area (Å²) >= 11 is 0. The summed E-state index contributed by atoms with van der Waals surface area (Å²) in [5, 5.41) is 0. The fourth-order valence-corrected chi connectivity index (χ4v) is 2.97. The van der Waals surface area contributed by atoms with Crippen molar-refractivity contribution in [3.63, 3.8) is 0 Å². The monoisotopic (exact) mass is 278 g/mol. The van der Waals surface area contributed by atoms with E-state index in [0.717, 1.165) is 31.9 Å². The smallest absolute Gasteiger partial charge is 0.123 e. The van der Waals surface area contributed by atoms with E-state index in [1.165, 1.54) is 5.56 Å². The van der Waals surface area contributed by atoms with Gasteiger partial charge in [-0.05, 0) is 19.4 Å². The number of methoxy groups -OCH3 is 1. The Morgan fingerprint density at radius 3 is 2.85 bits per heavy atom. The van der Waals surface area contributed by atoms with Crippen molar-refractivity contribution in [3.8, 4) is 5.75 Å². The summed E-state index contributed by atoms with van der Waals surface area (Å²) in [7, 11) is 1.71. The zero-order valence-electron chi connectivity index (χ0n) is 12.7. The predicted octanol–water partition coefficient (Wildman–Crippen LogP) is 2.19. The van der Waals surface area contributed by atoms with Crippen molar-refractivity contribution in [2.24, 2.45) is 5.73 Å². The molecule has 4 heteroatoms. The number of rotatable bonds is 5. The van der Waals surface area contributed by atoms with Crippen molar-refractivity contribution in [2.75, 3.05) is 26.8 Å². The Hall–Kier alpha value is -1.10. The Balaban J connectivity index is 2.26. The molecule has 3 unspecified atom stereocenters. The number of hydrogen-bond acceptors (Lipinski definition) is 4. The third-order valence-electron chi connectivity index (χ3n) is 3.97. The summed E-state index contributed by atoms with van der Waals surface area (Å²) in [6, 6.07) is 8.37. The topological polar surface area (TPSA) is 47.7 Å². The zero-order chi connectivity index (χ0) is 14.5. The SMILES string of the molecule is CCC1CN(C(c2ccccc2OC)C(C)N)CCO1. The molecule has 1 aromatic carbocycles. The predicted molar refractivity (Wildman–Crippen MR) is 81.0 cm³/mol. The summed E-state index contributed by atoms with van der Waals surface area (Å²) in [5.74, 6) is 0.911. The van der Waals surface area contributed by atoms with Crippen molar-refractivity contribution < 1.29 is 9.47 Å². The first-order chi connectivity index (χ1) is 9.67. The van der Waals surface area contributed by atoms with E-state index in [-0.39, 0.29) is 12.1 Å². The van der Waals surface area contributed by atoms with Crippen LogP contribution in [0.15, 0.2) is 24.3 Å². The van der Waals surface area contributed by atoms with Crippen LogP contribution in [0.2, 0.25) is 0 Å². The van der Waals surface area contributed by atoms with E-state index in [2.05, 4.69) is 24.8 Å². The zero-order valence-corrected chi connectivity index (χ0v) is 12.7. The van der Waals surface area contributed by atoms with Crippen LogP contribution in [0, 0.1) is 0 Å². The van der Waals surface area contributed by atoms with Gasteiger partial charge in [-0.15, -0.1) is 0 Å². The van der Waals surface area contributed by atoms with E-state index >= 15 is 0 Å². The summed E-state index contributed by atoms with van der Waals surface area (Å²) in [6.07, 6.45) is 1.34. The van der Waals surface area contributed by atoms with Gasteiger partial charge in [0.1, 0.15) is 5.75 Å². The van der Waals surface area contributed by atoms with Crippen molar-refractivity contribution in [3.05, 3.63) is 29.8 Å². The third kappa shape index (κ3) is 3.32. The highest BCUT2D eigenvalue weighted by Crippen LogP contribution is 2.32. The molecule has 0 aromatic heterocycles. The van der Waals surface area contributed by atoms with Gasteiger partial charge in [0, 0.05) is 24.7 Å². The first-order valence-corrected chi connectivity index (χ1v) is 7.41. The van der Waals surface area contributed by atoms with E-state index in [0.29, 0.717) is 6.10 Å². The van der Waals surface area contributed by atoms with Crippen LogP contribution < -0.4 is 10.5 Å².